The normalized spacial score (nSPS) is 24.0. The summed E-state index contributed by atoms with van der Waals surface area (Å²) in [5, 5.41) is 3.38. The first-order valence-corrected chi connectivity index (χ1v) is 4.29. The number of hydrogen-bond acceptors (Lipinski definition) is 2. The first-order valence-electron chi connectivity index (χ1n) is 4.29. The van der Waals surface area contributed by atoms with E-state index < -0.39 is 0 Å². The first-order chi connectivity index (χ1) is 4.84. The van der Waals surface area contributed by atoms with Crippen molar-refractivity contribution in [2.75, 3.05) is 26.2 Å². The Morgan fingerprint density at radius 1 is 1.42 bits per heavy atom. The maximum Gasteiger partial charge on any atom is 0.0192 e. The fraction of sp³-hybridized carbons (Fsp3) is 1.00. The van der Waals surface area contributed by atoms with Gasteiger partial charge in [0.05, 0.1) is 0 Å². The van der Waals surface area contributed by atoms with E-state index >= 15 is 0 Å². The highest BCUT2D eigenvalue weighted by molar-refractivity contribution is 5.85. The van der Waals surface area contributed by atoms with Gasteiger partial charge in [-0.25, -0.2) is 0 Å². The molecule has 0 bridgehead atoms. The quantitative estimate of drug-likeness (QED) is 0.751. The van der Waals surface area contributed by atoms with Crippen LogP contribution in [-0.4, -0.2) is 37.1 Å². The van der Waals surface area contributed by atoms with E-state index in [1.54, 1.807) is 0 Å². The predicted molar refractivity (Wildman–Crippen MR) is 58.7 cm³/mol. The molecule has 0 amide bonds. The van der Waals surface area contributed by atoms with Crippen molar-refractivity contribution < 1.29 is 0 Å². The van der Waals surface area contributed by atoms with Gasteiger partial charge in [0.2, 0.25) is 0 Å². The van der Waals surface area contributed by atoms with Crippen LogP contribution in [0.1, 0.15) is 20.3 Å². The molecule has 4 heteroatoms. The molecule has 0 aliphatic carbocycles. The number of halogens is 2. The zero-order valence-corrected chi connectivity index (χ0v) is 9.51. The Balaban J connectivity index is 0. The summed E-state index contributed by atoms with van der Waals surface area (Å²) < 4.78 is 0. The van der Waals surface area contributed by atoms with Crippen LogP contribution in [0.25, 0.3) is 0 Å². The Bertz CT molecular complexity index is 99.1. The van der Waals surface area contributed by atoms with Crippen LogP contribution < -0.4 is 5.32 Å². The van der Waals surface area contributed by atoms with Gasteiger partial charge in [-0.2, -0.15) is 0 Å². The molecule has 0 unspecified atom stereocenters. The van der Waals surface area contributed by atoms with Crippen molar-refractivity contribution in [3.05, 3.63) is 0 Å². The molecule has 0 aromatic carbocycles. The van der Waals surface area contributed by atoms with E-state index in [0.717, 1.165) is 6.04 Å². The lowest BCUT2D eigenvalue weighted by atomic mass is 10.2. The average Bonchev–Trinajstić information content (AvgIpc) is 1.94. The van der Waals surface area contributed by atoms with Gasteiger partial charge in [-0.15, -0.1) is 24.8 Å². The van der Waals surface area contributed by atoms with Crippen LogP contribution in [0, 0.1) is 0 Å². The van der Waals surface area contributed by atoms with E-state index in [0.29, 0.717) is 0 Å². The molecule has 0 radical (unpaired) electrons. The van der Waals surface area contributed by atoms with Crippen LogP contribution in [0.15, 0.2) is 0 Å². The third-order valence-corrected chi connectivity index (χ3v) is 2.15. The number of piperazine rings is 1. The Morgan fingerprint density at radius 3 is 2.58 bits per heavy atom. The summed E-state index contributed by atoms with van der Waals surface area (Å²) >= 11 is 0. The summed E-state index contributed by atoms with van der Waals surface area (Å²) in [4.78, 5) is 2.55. The molecule has 1 fully saturated rings. The molecule has 0 saturated carbocycles. The molecule has 1 aliphatic heterocycles. The lowest BCUT2D eigenvalue weighted by Crippen LogP contribution is -2.49. The molecule has 1 N–H and O–H groups in total. The van der Waals surface area contributed by atoms with Crippen LogP contribution in [-0.2, 0) is 0 Å². The van der Waals surface area contributed by atoms with Gasteiger partial charge in [-0.1, -0.05) is 6.92 Å². The van der Waals surface area contributed by atoms with Crippen molar-refractivity contribution in [3.8, 4) is 0 Å². The SMILES string of the molecule is CCCN1CCNC[C@@H]1C.Cl.Cl. The molecule has 1 aliphatic rings. The number of rotatable bonds is 2. The van der Waals surface area contributed by atoms with Crippen LogP contribution in [0.3, 0.4) is 0 Å². The standard InChI is InChI=1S/C8H18N2.2ClH/c1-3-5-10-6-4-9-7-8(10)2;;/h8-9H,3-7H2,1-2H3;2*1H/t8-;;/m0../s1. The fourth-order valence-corrected chi connectivity index (χ4v) is 1.50. The highest BCUT2D eigenvalue weighted by atomic mass is 35.5. The van der Waals surface area contributed by atoms with Gasteiger partial charge in [0.25, 0.3) is 0 Å². The topological polar surface area (TPSA) is 15.3 Å². The van der Waals surface area contributed by atoms with E-state index in [1.807, 2.05) is 0 Å². The number of nitrogens with zero attached hydrogens (tertiary/aromatic N) is 1. The van der Waals surface area contributed by atoms with Crippen LogP contribution in [0.4, 0.5) is 0 Å². The minimum Gasteiger partial charge on any atom is -0.314 e. The minimum absolute atomic E-state index is 0. The van der Waals surface area contributed by atoms with Crippen LogP contribution >= 0.6 is 24.8 Å². The zero-order valence-electron chi connectivity index (χ0n) is 7.88. The van der Waals surface area contributed by atoms with Crippen molar-refractivity contribution in [2.24, 2.45) is 0 Å². The minimum atomic E-state index is 0. The third-order valence-electron chi connectivity index (χ3n) is 2.15. The Hall–Kier alpha value is 0.500. The monoisotopic (exact) mass is 214 g/mol. The van der Waals surface area contributed by atoms with Crippen LogP contribution in [0.2, 0.25) is 0 Å². The molecule has 2 nitrogen and oxygen atoms in total. The Morgan fingerprint density at radius 2 is 2.08 bits per heavy atom. The van der Waals surface area contributed by atoms with Gasteiger partial charge in [0.15, 0.2) is 0 Å². The van der Waals surface area contributed by atoms with E-state index in [2.05, 4.69) is 24.1 Å². The summed E-state index contributed by atoms with van der Waals surface area (Å²) in [5.41, 5.74) is 0. The first kappa shape index (κ1) is 15.0. The Labute approximate surface area is 87.9 Å². The molecule has 1 heterocycles. The summed E-state index contributed by atoms with van der Waals surface area (Å²) in [6.07, 6.45) is 1.28. The smallest absolute Gasteiger partial charge is 0.0192 e. The lowest BCUT2D eigenvalue weighted by Gasteiger charge is -2.33. The molecule has 1 atom stereocenters. The zero-order chi connectivity index (χ0) is 7.40. The van der Waals surface area contributed by atoms with Gasteiger partial charge in [0, 0.05) is 25.7 Å². The number of hydrogen-bond donors (Lipinski definition) is 1. The fourth-order valence-electron chi connectivity index (χ4n) is 1.50. The number of nitrogens with one attached hydrogen (secondary N) is 1. The molecule has 0 aromatic heterocycles. The molecular formula is C8H20Cl2N2. The highest BCUT2D eigenvalue weighted by Gasteiger charge is 2.15. The average molecular weight is 215 g/mol. The largest absolute Gasteiger partial charge is 0.314 e. The van der Waals surface area contributed by atoms with Crippen molar-refractivity contribution in [1.29, 1.82) is 0 Å². The second-order valence-electron chi connectivity index (χ2n) is 3.09. The van der Waals surface area contributed by atoms with Crippen molar-refractivity contribution in [1.82, 2.24) is 10.2 Å². The van der Waals surface area contributed by atoms with Gasteiger partial charge >= 0.3 is 0 Å². The summed E-state index contributed by atoms with van der Waals surface area (Å²) in [7, 11) is 0. The molecule has 0 aromatic rings. The maximum atomic E-state index is 3.38. The molecular weight excluding hydrogens is 195 g/mol. The highest BCUT2D eigenvalue weighted by Crippen LogP contribution is 2.01. The van der Waals surface area contributed by atoms with E-state index in [-0.39, 0.29) is 24.8 Å². The van der Waals surface area contributed by atoms with Gasteiger partial charge in [-0.3, -0.25) is 4.90 Å². The second-order valence-corrected chi connectivity index (χ2v) is 3.09. The Kier molecular flexibility index (Phi) is 10.1. The summed E-state index contributed by atoms with van der Waals surface area (Å²) in [6, 6.07) is 0.744. The van der Waals surface area contributed by atoms with Crippen molar-refractivity contribution in [2.45, 2.75) is 26.3 Å². The maximum absolute atomic E-state index is 3.38. The van der Waals surface area contributed by atoms with Crippen molar-refractivity contribution >= 4 is 24.8 Å². The lowest BCUT2D eigenvalue weighted by molar-refractivity contribution is 0.174. The van der Waals surface area contributed by atoms with Gasteiger partial charge in [0.1, 0.15) is 0 Å². The molecule has 1 rings (SSSR count). The van der Waals surface area contributed by atoms with E-state index in [1.165, 1.54) is 32.6 Å². The molecule has 0 spiro atoms. The summed E-state index contributed by atoms with van der Waals surface area (Å²) in [5.74, 6) is 0. The second kappa shape index (κ2) is 8.11. The molecule has 12 heavy (non-hydrogen) atoms. The van der Waals surface area contributed by atoms with E-state index in [4.69, 9.17) is 0 Å². The van der Waals surface area contributed by atoms with Crippen LogP contribution in [0.5, 0.6) is 0 Å². The van der Waals surface area contributed by atoms with Crippen molar-refractivity contribution in [3.63, 3.8) is 0 Å². The predicted octanol–water partition coefficient (Wildman–Crippen LogP) is 1.53. The summed E-state index contributed by atoms with van der Waals surface area (Å²) in [6.45, 7) is 9.37. The third kappa shape index (κ3) is 4.51. The van der Waals surface area contributed by atoms with Gasteiger partial charge < -0.3 is 5.32 Å². The molecule has 76 valence electrons. The van der Waals surface area contributed by atoms with Gasteiger partial charge in [-0.05, 0) is 19.9 Å². The van der Waals surface area contributed by atoms with E-state index in [9.17, 15) is 0 Å². The molecule has 1 saturated heterocycles.